The summed E-state index contributed by atoms with van der Waals surface area (Å²) in [6, 6.07) is 1.52. The molecule has 0 aliphatic rings. The van der Waals surface area contributed by atoms with E-state index in [0.717, 1.165) is 4.90 Å². The average Bonchev–Trinajstić information content (AvgIpc) is 2.83. The van der Waals surface area contributed by atoms with Crippen LogP contribution in [0.4, 0.5) is 15.3 Å². The van der Waals surface area contributed by atoms with Gasteiger partial charge in [-0.05, 0) is 47.6 Å². The number of H-pyrrole nitrogens is 1. The summed E-state index contributed by atoms with van der Waals surface area (Å²) in [5.74, 6) is 0. The molecule has 24 heavy (non-hydrogen) atoms. The fraction of sp³-hybridized carbons (Fsp3) is 0.500. The smallest absolute Gasteiger partial charge is 0.424 e. The van der Waals surface area contributed by atoms with Crippen LogP contribution in [-0.2, 0) is 9.47 Å². The second-order valence-electron chi connectivity index (χ2n) is 7.23. The van der Waals surface area contributed by atoms with Gasteiger partial charge in [0.15, 0.2) is 5.65 Å². The molecule has 0 unspecified atom stereocenters. The standard InChI is InChI=1S/C16H22N4O4/c1-15(2,3)23-13(21)20(14(22)24-16(4,5)6)10-7-8-17-12-11(10)18-9-19-12/h7-9H,1-6H3,(H,17,18,19). The first-order valence-electron chi connectivity index (χ1n) is 7.52. The molecule has 2 heterocycles. The van der Waals surface area contributed by atoms with Crippen LogP contribution in [0, 0.1) is 0 Å². The summed E-state index contributed by atoms with van der Waals surface area (Å²) >= 11 is 0. The molecule has 2 aromatic heterocycles. The Morgan fingerprint density at radius 1 is 1.00 bits per heavy atom. The summed E-state index contributed by atoms with van der Waals surface area (Å²) in [5, 5.41) is 0. The molecule has 0 saturated heterocycles. The third-order valence-electron chi connectivity index (χ3n) is 2.70. The van der Waals surface area contributed by atoms with Crippen molar-refractivity contribution < 1.29 is 19.1 Å². The van der Waals surface area contributed by atoms with E-state index in [2.05, 4.69) is 15.0 Å². The lowest BCUT2D eigenvalue weighted by Gasteiger charge is -2.28. The lowest BCUT2D eigenvalue weighted by Crippen LogP contribution is -2.44. The van der Waals surface area contributed by atoms with Crippen LogP contribution in [0.25, 0.3) is 11.2 Å². The van der Waals surface area contributed by atoms with E-state index in [4.69, 9.17) is 9.47 Å². The van der Waals surface area contributed by atoms with Gasteiger partial charge < -0.3 is 14.5 Å². The average molecular weight is 334 g/mol. The number of anilines is 1. The molecule has 0 radical (unpaired) electrons. The first kappa shape index (κ1) is 17.7. The summed E-state index contributed by atoms with van der Waals surface area (Å²) < 4.78 is 10.7. The predicted molar refractivity (Wildman–Crippen MR) is 88.8 cm³/mol. The van der Waals surface area contributed by atoms with E-state index < -0.39 is 23.4 Å². The summed E-state index contributed by atoms with van der Waals surface area (Å²) in [6.07, 6.45) is 1.22. The Balaban J connectivity index is 2.48. The van der Waals surface area contributed by atoms with Gasteiger partial charge in [-0.25, -0.2) is 19.6 Å². The molecule has 130 valence electrons. The zero-order chi connectivity index (χ0) is 18.1. The zero-order valence-corrected chi connectivity index (χ0v) is 14.7. The number of amides is 2. The van der Waals surface area contributed by atoms with E-state index >= 15 is 0 Å². The highest BCUT2D eigenvalue weighted by atomic mass is 16.6. The lowest BCUT2D eigenvalue weighted by molar-refractivity contribution is 0.0431. The van der Waals surface area contributed by atoms with Crippen molar-refractivity contribution in [2.75, 3.05) is 4.90 Å². The van der Waals surface area contributed by atoms with Crippen LogP contribution in [0.3, 0.4) is 0 Å². The Morgan fingerprint density at radius 3 is 2.04 bits per heavy atom. The largest absolute Gasteiger partial charge is 0.443 e. The fourth-order valence-electron chi connectivity index (χ4n) is 1.91. The molecule has 2 amide bonds. The number of carbonyl (C=O) groups excluding carboxylic acids is 2. The fourth-order valence-corrected chi connectivity index (χ4v) is 1.91. The number of pyridine rings is 1. The van der Waals surface area contributed by atoms with Crippen LogP contribution in [0.2, 0.25) is 0 Å². The maximum Gasteiger partial charge on any atom is 0.424 e. The van der Waals surface area contributed by atoms with Gasteiger partial charge in [-0.3, -0.25) is 0 Å². The third kappa shape index (κ3) is 4.21. The Morgan fingerprint density at radius 2 is 1.54 bits per heavy atom. The van der Waals surface area contributed by atoms with Crippen LogP contribution >= 0.6 is 0 Å². The van der Waals surface area contributed by atoms with Gasteiger partial charge in [-0.15, -0.1) is 0 Å². The first-order valence-corrected chi connectivity index (χ1v) is 7.52. The number of imide groups is 1. The van der Waals surface area contributed by atoms with Crippen molar-refractivity contribution >= 4 is 29.0 Å². The molecule has 2 aromatic rings. The highest BCUT2D eigenvalue weighted by Crippen LogP contribution is 2.26. The second kappa shape index (κ2) is 6.10. The molecule has 0 fully saturated rings. The van der Waals surface area contributed by atoms with Gasteiger partial charge in [0.2, 0.25) is 0 Å². The number of ether oxygens (including phenoxy) is 2. The van der Waals surface area contributed by atoms with Crippen molar-refractivity contribution in [3.05, 3.63) is 18.6 Å². The van der Waals surface area contributed by atoms with Crippen molar-refractivity contribution in [3.8, 4) is 0 Å². The number of rotatable bonds is 1. The number of aromatic amines is 1. The molecular weight excluding hydrogens is 312 g/mol. The van der Waals surface area contributed by atoms with Crippen molar-refractivity contribution in [1.82, 2.24) is 15.0 Å². The van der Waals surface area contributed by atoms with Gasteiger partial charge in [0.1, 0.15) is 16.7 Å². The van der Waals surface area contributed by atoms with Crippen LogP contribution in [0.5, 0.6) is 0 Å². The minimum absolute atomic E-state index is 0.265. The van der Waals surface area contributed by atoms with Crippen molar-refractivity contribution in [2.24, 2.45) is 0 Å². The molecule has 8 heteroatoms. The van der Waals surface area contributed by atoms with Gasteiger partial charge in [0, 0.05) is 6.20 Å². The number of aromatic nitrogens is 3. The number of nitrogens with zero attached hydrogens (tertiary/aromatic N) is 3. The highest BCUT2D eigenvalue weighted by molar-refractivity contribution is 6.13. The van der Waals surface area contributed by atoms with E-state index in [1.165, 1.54) is 18.6 Å². The molecule has 1 N–H and O–H groups in total. The number of imidazole rings is 1. The van der Waals surface area contributed by atoms with Crippen LogP contribution in [-0.4, -0.2) is 38.3 Å². The zero-order valence-electron chi connectivity index (χ0n) is 14.7. The number of hydrogen-bond acceptors (Lipinski definition) is 6. The van der Waals surface area contributed by atoms with Crippen molar-refractivity contribution in [3.63, 3.8) is 0 Å². The molecule has 0 atom stereocenters. The van der Waals surface area contributed by atoms with Crippen LogP contribution in [0.1, 0.15) is 41.5 Å². The number of hydrogen-bond donors (Lipinski definition) is 1. The maximum atomic E-state index is 12.6. The van der Waals surface area contributed by atoms with Crippen molar-refractivity contribution in [1.29, 1.82) is 0 Å². The van der Waals surface area contributed by atoms with E-state index in [9.17, 15) is 9.59 Å². The van der Waals surface area contributed by atoms with Crippen molar-refractivity contribution in [2.45, 2.75) is 52.7 Å². The van der Waals surface area contributed by atoms with Gasteiger partial charge in [0.25, 0.3) is 0 Å². The monoisotopic (exact) mass is 334 g/mol. The summed E-state index contributed by atoms with van der Waals surface area (Å²) in [6.45, 7) is 10.3. The Kier molecular flexibility index (Phi) is 4.50. The molecule has 8 nitrogen and oxygen atoms in total. The SMILES string of the molecule is CC(C)(C)OC(=O)N(C(=O)OC(C)(C)C)c1ccnc2nc[nH]c12. The first-order chi connectivity index (χ1) is 11.0. The Bertz CT molecular complexity index is 727. The van der Waals surface area contributed by atoms with Gasteiger partial charge in [-0.1, -0.05) is 0 Å². The molecule has 0 aliphatic carbocycles. The second-order valence-corrected chi connectivity index (χ2v) is 7.23. The topological polar surface area (TPSA) is 97.4 Å². The number of fused-ring (bicyclic) bond motifs is 1. The molecule has 2 rings (SSSR count). The van der Waals surface area contributed by atoms with Gasteiger partial charge >= 0.3 is 12.2 Å². The normalized spacial score (nSPS) is 12.1. The molecule has 0 bridgehead atoms. The predicted octanol–water partition coefficient (Wildman–Crippen LogP) is 3.63. The van der Waals surface area contributed by atoms with E-state index in [0.29, 0.717) is 11.2 Å². The Labute approximate surface area is 140 Å². The summed E-state index contributed by atoms with van der Waals surface area (Å²) in [4.78, 5) is 37.0. The minimum atomic E-state index is -0.834. The molecule has 0 aromatic carbocycles. The summed E-state index contributed by atoms with van der Waals surface area (Å²) in [7, 11) is 0. The maximum absolute atomic E-state index is 12.6. The molecule has 0 saturated carbocycles. The summed E-state index contributed by atoms with van der Waals surface area (Å²) in [5.41, 5.74) is -0.450. The third-order valence-corrected chi connectivity index (χ3v) is 2.70. The van der Waals surface area contributed by atoms with Gasteiger partial charge in [-0.2, -0.15) is 4.90 Å². The van der Waals surface area contributed by atoms with E-state index in [1.54, 1.807) is 41.5 Å². The number of nitrogens with one attached hydrogen (secondary N) is 1. The quantitative estimate of drug-likeness (QED) is 0.855. The lowest BCUT2D eigenvalue weighted by atomic mass is 10.2. The van der Waals surface area contributed by atoms with Gasteiger partial charge in [0.05, 0.1) is 12.0 Å². The van der Waals surface area contributed by atoms with Crippen LogP contribution < -0.4 is 4.90 Å². The number of carbonyl (C=O) groups is 2. The Hall–Kier alpha value is -2.64. The van der Waals surface area contributed by atoms with Crippen LogP contribution in [0.15, 0.2) is 18.6 Å². The van der Waals surface area contributed by atoms with E-state index in [-0.39, 0.29) is 5.69 Å². The highest BCUT2D eigenvalue weighted by Gasteiger charge is 2.34. The molecule has 0 aliphatic heterocycles. The minimum Gasteiger partial charge on any atom is -0.443 e. The molecular formula is C16H22N4O4. The van der Waals surface area contributed by atoms with E-state index in [1.807, 2.05) is 0 Å². The molecule has 0 spiro atoms.